The highest BCUT2D eigenvalue weighted by Crippen LogP contribution is 2.17. The smallest absolute Gasteiger partial charge is 0.414 e. The van der Waals surface area contributed by atoms with Crippen LogP contribution in [0.1, 0.15) is 15.6 Å². The second-order valence-corrected chi connectivity index (χ2v) is 4.03. The van der Waals surface area contributed by atoms with Crippen molar-refractivity contribution in [1.29, 1.82) is 0 Å². The van der Waals surface area contributed by atoms with E-state index in [1.807, 2.05) is 6.92 Å². The lowest BCUT2D eigenvalue weighted by Crippen LogP contribution is -2.09. The highest BCUT2D eigenvalue weighted by molar-refractivity contribution is 7.11. The van der Waals surface area contributed by atoms with Crippen molar-refractivity contribution in [3.63, 3.8) is 0 Å². The van der Waals surface area contributed by atoms with Crippen LogP contribution < -0.4 is 5.73 Å². The molecule has 17 heavy (non-hydrogen) atoms. The SMILES string of the molecule is COCc1nc(C)c(CN)s1.O=C(O)C(=O)O. The molecule has 0 radical (unpaired) electrons. The molecule has 0 aliphatic heterocycles. The van der Waals surface area contributed by atoms with Gasteiger partial charge in [0.1, 0.15) is 5.01 Å². The first kappa shape index (κ1) is 15.5. The summed E-state index contributed by atoms with van der Waals surface area (Å²) in [5.41, 5.74) is 6.52. The molecule has 0 spiro atoms. The first-order valence-corrected chi connectivity index (χ1v) is 5.34. The molecule has 1 rings (SSSR count). The van der Waals surface area contributed by atoms with E-state index in [1.165, 1.54) is 0 Å². The van der Waals surface area contributed by atoms with Gasteiger partial charge in [0.2, 0.25) is 0 Å². The summed E-state index contributed by atoms with van der Waals surface area (Å²) in [6.45, 7) is 3.14. The molecule has 96 valence electrons. The van der Waals surface area contributed by atoms with Gasteiger partial charge in [0.15, 0.2) is 0 Å². The van der Waals surface area contributed by atoms with Gasteiger partial charge in [-0.3, -0.25) is 0 Å². The fourth-order valence-electron chi connectivity index (χ4n) is 0.863. The summed E-state index contributed by atoms with van der Waals surface area (Å²) >= 11 is 1.62. The topological polar surface area (TPSA) is 123 Å². The molecule has 1 aromatic heterocycles. The third kappa shape index (κ3) is 5.95. The molecule has 0 atom stereocenters. The van der Waals surface area contributed by atoms with Gasteiger partial charge in [-0.1, -0.05) is 0 Å². The number of hydrogen-bond donors (Lipinski definition) is 3. The van der Waals surface area contributed by atoms with Gasteiger partial charge >= 0.3 is 11.9 Å². The molecule has 0 unspecified atom stereocenters. The van der Waals surface area contributed by atoms with E-state index in [4.69, 9.17) is 30.3 Å². The Balaban J connectivity index is 0.000000366. The van der Waals surface area contributed by atoms with Crippen LogP contribution in [-0.4, -0.2) is 34.2 Å². The largest absolute Gasteiger partial charge is 0.473 e. The highest BCUT2D eigenvalue weighted by atomic mass is 32.1. The molecular weight excluding hydrogens is 248 g/mol. The number of aromatic nitrogens is 1. The minimum atomic E-state index is -1.82. The highest BCUT2D eigenvalue weighted by Gasteiger charge is 2.04. The lowest BCUT2D eigenvalue weighted by Gasteiger charge is -1.88. The van der Waals surface area contributed by atoms with Gasteiger partial charge in [-0.05, 0) is 6.92 Å². The van der Waals surface area contributed by atoms with Crippen molar-refractivity contribution in [2.24, 2.45) is 5.73 Å². The molecule has 0 fully saturated rings. The van der Waals surface area contributed by atoms with Crippen molar-refractivity contribution in [2.75, 3.05) is 7.11 Å². The van der Waals surface area contributed by atoms with Crippen molar-refractivity contribution in [3.05, 3.63) is 15.6 Å². The van der Waals surface area contributed by atoms with E-state index >= 15 is 0 Å². The van der Waals surface area contributed by atoms with Crippen LogP contribution >= 0.6 is 11.3 Å². The van der Waals surface area contributed by atoms with E-state index in [0.29, 0.717) is 13.2 Å². The molecule has 0 aliphatic carbocycles. The van der Waals surface area contributed by atoms with Crippen LogP contribution in [0.25, 0.3) is 0 Å². The Labute approximate surface area is 102 Å². The van der Waals surface area contributed by atoms with Crippen molar-refractivity contribution in [1.82, 2.24) is 4.98 Å². The van der Waals surface area contributed by atoms with Gasteiger partial charge in [-0.15, -0.1) is 11.3 Å². The fraction of sp³-hybridized carbons (Fsp3) is 0.444. The number of nitrogens with two attached hydrogens (primary N) is 1. The van der Waals surface area contributed by atoms with Gasteiger partial charge in [0.05, 0.1) is 12.3 Å². The molecule has 0 amide bonds. The standard InChI is InChI=1S/C7H12N2OS.C2H2O4/c1-5-6(3-8)11-7(9-5)4-10-2;3-1(4)2(5)6/h3-4,8H2,1-2H3;(H,3,4)(H,5,6). The van der Waals surface area contributed by atoms with Gasteiger partial charge in [-0.25, -0.2) is 14.6 Å². The van der Waals surface area contributed by atoms with Crippen molar-refractivity contribution >= 4 is 23.3 Å². The zero-order valence-corrected chi connectivity index (χ0v) is 10.3. The number of aryl methyl sites for hydroxylation is 1. The van der Waals surface area contributed by atoms with Crippen molar-refractivity contribution < 1.29 is 24.5 Å². The van der Waals surface area contributed by atoms with Crippen LogP contribution in [-0.2, 0) is 27.5 Å². The molecular formula is C9H14N2O5S. The minimum Gasteiger partial charge on any atom is -0.473 e. The maximum Gasteiger partial charge on any atom is 0.414 e. The third-order valence-electron chi connectivity index (χ3n) is 1.57. The summed E-state index contributed by atoms with van der Waals surface area (Å²) in [7, 11) is 1.67. The maximum atomic E-state index is 9.10. The van der Waals surface area contributed by atoms with E-state index in [-0.39, 0.29) is 0 Å². The summed E-state index contributed by atoms with van der Waals surface area (Å²) in [5.74, 6) is -3.65. The number of carboxylic acid groups (broad SMARTS) is 2. The van der Waals surface area contributed by atoms with Crippen LogP contribution in [0, 0.1) is 6.92 Å². The molecule has 0 saturated carbocycles. The van der Waals surface area contributed by atoms with Crippen LogP contribution in [0.5, 0.6) is 0 Å². The number of nitrogens with zero attached hydrogens (tertiary/aromatic N) is 1. The Morgan fingerprint density at radius 2 is 1.94 bits per heavy atom. The van der Waals surface area contributed by atoms with E-state index in [9.17, 15) is 0 Å². The molecule has 1 heterocycles. The first-order chi connectivity index (χ1) is 7.92. The first-order valence-electron chi connectivity index (χ1n) is 4.52. The van der Waals surface area contributed by atoms with Crippen LogP contribution in [0.2, 0.25) is 0 Å². The molecule has 1 aromatic rings. The Kier molecular flexibility index (Phi) is 7.03. The summed E-state index contributed by atoms with van der Waals surface area (Å²) in [4.78, 5) is 23.6. The normalized spacial score (nSPS) is 9.35. The monoisotopic (exact) mass is 262 g/mol. The summed E-state index contributed by atoms with van der Waals surface area (Å²) in [5, 5.41) is 15.8. The predicted octanol–water partition coefficient (Wildman–Crippen LogP) is 0.212. The average Bonchev–Trinajstić information content (AvgIpc) is 2.60. The van der Waals surface area contributed by atoms with Crippen LogP contribution in [0.3, 0.4) is 0 Å². The van der Waals surface area contributed by atoms with E-state index in [2.05, 4.69) is 4.98 Å². The molecule has 0 aliphatic rings. The number of rotatable bonds is 3. The number of carboxylic acids is 2. The molecule has 4 N–H and O–H groups in total. The summed E-state index contributed by atoms with van der Waals surface area (Å²) < 4.78 is 4.95. The zero-order valence-electron chi connectivity index (χ0n) is 9.47. The number of carbonyl (C=O) groups is 2. The van der Waals surface area contributed by atoms with Gasteiger partial charge in [0, 0.05) is 18.5 Å². The number of thiazole rings is 1. The Morgan fingerprint density at radius 3 is 2.24 bits per heavy atom. The van der Waals surface area contributed by atoms with Crippen LogP contribution in [0.4, 0.5) is 0 Å². The second-order valence-electron chi connectivity index (χ2n) is 2.86. The molecule has 7 nitrogen and oxygen atoms in total. The quantitative estimate of drug-likeness (QED) is 0.665. The second kappa shape index (κ2) is 7.71. The Hall–Kier alpha value is -1.51. The number of methoxy groups -OCH3 is 1. The predicted molar refractivity (Wildman–Crippen MR) is 60.7 cm³/mol. The summed E-state index contributed by atoms with van der Waals surface area (Å²) in [6.07, 6.45) is 0. The van der Waals surface area contributed by atoms with Gasteiger partial charge in [0.25, 0.3) is 0 Å². The lowest BCUT2D eigenvalue weighted by molar-refractivity contribution is -0.159. The molecule has 0 saturated heterocycles. The summed E-state index contributed by atoms with van der Waals surface area (Å²) in [6, 6.07) is 0. The Morgan fingerprint density at radius 1 is 1.41 bits per heavy atom. The van der Waals surface area contributed by atoms with Crippen molar-refractivity contribution in [2.45, 2.75) is 20.1 Å². The number of aliphatic carboxylic acids is 2. The van der Waals surface area contributed by atoms with Crippen LogP contribution in [0.15, 0.2) is 0 Å². The Bertz CT molecular complexity index is 379. The number of ether oxygens (including phenoxy) is 1. The van der Waals surface area contributed by atoms with E-state index < -0.39 is 11.9 Å². The lowest BCUT2D eigenvalue weighted by atomic mass is 10.4. The van der Waals surface area contributed by atoms with Gasteiger partial charge < -0.3 is 20.7 Å². The minimum absolute atomic E-state index is 0.577. The van der Waals surface area contributed by atoms with E-state index in [0.717, 1.165) is 15.6 Å². The molecule has 0 aromatic carbocycles. The molecule has 8 heteroatoms. The maximum absolute atomic E-state index is 9.10. The fourth-order valence-corrected chi connectivity index (χ4v) is 1.78. The number of hydrogen-bond acceptors (Lipinski definition) is 6. The van der Waals surface area contributed by atoms with Crippen molar-refractivity contribution in [3.8, 4) is 0 Å². The third-order valence-corrected chi connectivity index (χ3v) is 2.73. The molecule has 0 bridgehead atoms. The average molecular weight is 262 g/mol. The zero-order chi connectivity index (χ0) is 13.4. The van der Waals surface area contributed by atoms with Gasteiger partial charge in [-0.2, -0.15) is 0 Å². The van der Waals surface area contributed by atoms with E-state index in [1.54, 1.807) is 18.4 Å².